The summed E-state index contributed by atoms with van der Waals surface area (Å²) in [5, 5.41) is 4.39. The molecule has 15 heavy (non-hydrogen) atoms. The number of benzene rings is 1. The zero-order valence-corrected chi connectivity index (χ0v) is 10.3. The van der Waals surface area contributed by atoms with E-state index in [1.165, 1.54) is 17.1 Å². The number of amidine groups is 1. The van der Waals surface area contributed by atoms with Gasteiger partial charge < -0.3 is 5.32 Å². The van der Waals surface area contributed by atoms with E-state index in [4.69, 9.17) is 0 Å². The van der Waals surface area contributed by atoms with E-state index in [1.54, 1.807) is 23.5 Å². The van der Waals surface area contributed by atoms with E-state index in [2.05, 4.69) is 40.8 Å². The topological polar surface area (TPSA) is 24.4 Å². The van der Waals surface area contributed by atoms with Crippen LogP contribution in [-0.2, 0) is 0 Å². The van der Waals surface area contributed by atoms with Crippen LogP contribution >= 0.6 is 23.5 Å². The summed E-state index contributed by atoms with van der Waals surface area (Å²) in [5.41, 5.74) is 1.13. The van der Waals surface area contributed by atoms with Gasteiger partial charge in [-0.25, -0.2) is 0 Å². The van der Waals surface area contributed by atoms with Crippen molar-refractivity contribution in [1.29, 1.82) is 0 Å². The van der Waals surface area contributed by atoms with Crippen molar-refractivity contribution in [3.8, 4) is 0 Å². The fourth-order valence-electron chi connectivity index (χ4n) is 1.33. The van der Waals surface area contributed by atoms with Crippen molar-refractivity contribution in [3.63, 3.8) is 0 Å². The number of nitrogens with zero attached hydrogens (tertiary/aromatic N) is 1. The van der Waals surface area contributed by atoms with Crippen LogP contribution in [0.1, 0.15) is 6.42 Å². The third-order valence-electron chi connectivity index (χ3n) is 2.14. The van der Waals surface area contributed by atoms with Gasteiger partial charge in [0, 0.05) is 22.9 Å². The first-order valence-electron chi connectivity index (χ1n) is 4.97. The molecular weight excluding hydrogens is 224 g/mol. The summed E-state index contributed by atoms with van der Waals surface area (Å²) in [5.74, 6) is 1.18. The van der Waals surface area contributed by atoms with Gasteiger partial charge in [-0.05, 0) is 36.9 Å². The quantitative estimate of drug-likeness (QED) is 0.800. The molecule has 1 aliphatic heterocycles. The van der Waals surface area contributed by atoms with Crippen LogP contribution in [0.4, 0.5) is 5.69 Å². The standard InChI is InChI=1S/C11H14N2S2/c1-14-10-5-3-9(4-6-10)13-11-12-7-2-8-15-11/h3-6H,2,7-8H2,1H3,(H,12,13). The molecule has 0 fully saturated rings. The SMILES string of the molecule is CSc1ccc(NC2=NCCCS2)cc1. The van der Waals surface area contributed by atoms with Gasteiger partial charge in [0.1, 0.15) is 0 Å². The summed E-state index contributed by atoms with van der Waals surface area (Å²) in [4.78, 5) is 5.72. The lowest BCUT2D eigenvalue weighted by atomic mass is 10.3. The average Bonchev–Trinajstić information content (AvgIpc) is 2.31. The molecule has 0 aliphatic carbocycles. The zero-order valence-electron chi connectivity index (χ0n) is 8.69. The van der Waals surface area contributed by atoms with Crippen LogP contribution in [0.2, 0.25) is 0 Å². The molecule has 2 nitrogen and oxygen atoms in total. The van der Waals surface area contributed by atoms with E-state index >= 15 is 0 Å². The number of hydrogen-bond acceptors (Lipinski definition) is 4. The highest BCUT2D eigenvalue weighted by Gasteiger charge is 2.05. The Hall–Kier alpha value is -0.610. The summed E-state index contributed by atoms with van der Waals surface area (Å²) in [6, 6.07) is 8.45. The minimum absolute atomic E-state index is 0.957. The molecule has 1 heterocycles. The van der Waals surface area contributed by atoms with Gasteiger partial charge in [0.25, 0.3) is 0 Å². The van der Waals surface area contributed by atoms with Gasteiger partial charge in [-0.1, -0.05) is 11.8 Å². The van der Waals surface area contributed by atoms with Crippen molar-refractivity contribution in [2.75, 3.05) is 23.9 Å². The molecule has 1 N–H and O–H groups in total. The summed E-state index contributed by atoms with van der Waals surface area (Å²) in [6.45, 7) is 0.957. The highest BCUT2D eigenvalue weighted by Crippen LogP contribution is 2.20. The third-order valence-corrected chi connectivity index (χ3v) is 3.88. The smallest absolute Gasteiger partial charge is 0.161 e. The first-order chi connectivity index (χ1) is 7.38. The molecule has 0 radical (unpaired) electrons. The Morgan fingerprint density at radius 1 is 1.33 bits per heavy atom. The van der Waals surface area contributed by atoms with Crippen LogP contribution < -0.4 is 5.32 Å². The van der Waals surface area contributed by atoms with Gasteiger partial charge in [0.05, 0.1) is 0 Å². The van der Waals surface area contributed by atoms with Crippen molar-refractivity contribution in [2.24, 2.45) is 4.99 Å². The lowest BCUT2D eigenvalue weighted by molar-refractivity contribution is 0.938. The Morgan fingerprint density at radius 3 is 2.73 bits per heavy atom. The molecule has 4 heteroatoms. The maximum absolute atomic E-state index is 4.43. The Kier molecular flexibility index (Phi) is 3.97. The highest BCUT2D eigenvalue weighted by atomic mass is 32.2. The first-order valence-corrected chi connectivity index (χ1v) is 7.18. The molecule has 0 unspecified atom stereocenters. The number of aliphatic imine (C=N–C) groups is 1. The number of rotatable bonds is 2. The van der Waals surface area contributed by atoms with E-state index in [9.17, 15) is 0 Å². The Morgan fingerprint density at radius 2 is 2.13 bits per heavy atom. The van der Waals surface area contributed by atoms with Crippen LogP contribution in [0.15, 0.2) is 34.2 Å². The largest absolute Gasteiger partial charge is 0.335 e. The predicted molar refractivity (Wildman–Crippen MR) is 71.2 cm³/mol. The normalized spacial score (nSPS) is 15.9. The molecule has 1 aromatic carbocycles. The second kappa shape index (κ2) is 5.47. The molecule has 0 amide bonds. The van der Waals surface area contributed by atoms with E-state index in [-0.39, 0.29) is 0 Å². The lowest BCUT2D eigenvalue weighted by Gasteiger charge is -2.13. The molecule has 1 aliphatic rings. The second-order valence-corrected chi connectivity index (χ2v) is 5.21. The van der Waals surface area contributed by atoms with Gasteiger partial charge in [-0.15, -0.1) is 11.8 Å². The molecule has 1 aromatic rings. The van der Waals surface area contributed by atoms with Crippen LogP contribution in [0.3, 0.4) is 0 Å². The van der Waals surface area contributed by atoms with Crippen molar-refractivity contribution in [2.45, 2.75) is 11.3 Å². The van der Waals surface area contributed by atoms with Crippen molar-refractivity contribution in [1.82, 2.24) is 0 Å². The van der Waals surface area contributed by atoms with Crippen LogP contribution in [0, 0.1) is 0 Å². The molecule has 0 saturated carbocycles. The fraction of sp³-hybridized carbons (Fsp3) is 0.364. The highest BCUT2D eigenvalue weighted by molar-refractivity contribution is 8.14. The Labute approximate surface area is 98.9 Å². The monoisotopic (exact) mass is 238 g/mol. The molecule has 0 aromatic heterocycles. The third kappa shape index (κ3) is 3.18. The van der Waals surface area contributed by atoms with Gasteiger partial charge in [-0.2, -0.15) is 0 Å². The van der Waals surface area contributed by atoms with Crippen molar-refractivity contribution in [3.05, 3.63) is 24.3 Å². The van der Waals surface area contributed by atoms with Crippen LogP contribution in [0.5, 0.6) is 0 Å². The minimum Gasteiger partial charge on any atom is -0.335 e. The zero-order chi connectivity index (χ0) is 10.5. The van der Waals surface area contributed by atoms with E-state index in [0.29, 0.717) is 0 Å². The molecule has 80 valence electrons. The minimum atomic E-state index is 0.957. The number of anilines is 1. The molecule has 0 bridgehead atoms. The van der Waals surface area contributed by atoms with E-state index in [0.717, 1.165) is 17.4 Å². The molecule has 0 atom stereocenters. The van der Waals surface area contributed by atoms with Gasteiger partial charge in [-0.3, -0.25) is 4.99 Å². The Balaban J connectivity index is 2.00. The first kappa shape index (κ1) is 10.9. The van der Waals surface area contributed by atoms with Gasteiger partial charge in [0.2, 0.25) is 0 Å². The number of hydrogen-bond donors (Lipinski definition) is 1. The van der Waals surface area contributed by atoms with E-state index < -0.39 is 0 Å². The molecular formula is C11H14N2S2. The molecule has 2 rings (SSSR count). The average molecular weight is 238 g/mol. The van der Waals surface area contributed by atoms with Crippen molar-refractivity contribution >= 4 is 34.4 Å². The van der Waals surface area contributed by atoms with Gasteiger partial charge in [0.15, 0.2) is 5.17 Å². The summed E-state index contributed by atoms with van der Waals surface area (Å²) in [6.07, 6.45) is 3.28. The van der Waals surface area contributed by atoms with Crippen LogP contribution in [-0.4, -0.2) is 23.7 Å². The lowest BCUT2D eigenvalue weighted by Crippen LogP contribution is -2.13. The van der Waals surface area contributed by atoms with Gasteiger partial charge >= 0.3 is 0 Å². The summed E-state index contributed by atoms with van der Waals surface area (Å²) >= 11 is 3.56. The molecule has 0 saturated heterocycles. The summed E-state index contributed by atoms with van der Waals surface area (Å²) in [7, 11) is 0. The Bertz CT molecular complexity index is 346. The second-order valence-electron chi connectivity index (χ2n) is 3.24. The fourth-order valence-corrected chi connectivity index (χ4v) is 2.58. The van der Waals surface area contributed by atoms with Crippen molar-refractivity contribution < 1.29 is 0 Å². The number of thioether (sulfide) groups is 2. The summed E-state index contributed by atoms with van der Waals surface area (Å²) < 4.78 is 0. The number of nitrogens with one attached hydrogen (secondary N) is 1. The maximum atomic E-state index is 4.43. The van der Waals surface area contributed by atoms with Crippen LogP contribution in [0.25, 0.3) is 0 Å². The molecule has 0 spiro atoms. The van der Waals surface area contributed by atoms with E-state index in [1.807, 2.05) is 0 Å². The maximum Gasteiger partial charge on any atom is 0.161 e. The predicted octanol–water partition coefficient (Wildman–Crippen LogP) is 3.31.